The summed E-state index contributed by atoms with van der Waals surface area (Å²) >= 11 is 5.81. The zero-order chi connectivity index (χ0) is 12.8. The number of alkyl halides is 1. The Morgan fingerprint density at radius 1 is 1.47 bits per heavy atom. The fraction of sp³-hybridized carbons (Fsp3) is 0.500. The molecule has 0 radical (unpaired) electrons. The van der Waals surface area contributed by atoms with E-state index >= 15 is 0 Å². The van der Waals surface area contributed by atoms with E-state index in [4.69, 9.17) is 16.9 Å². The van der Waals surface area contributed by atoms with Crippen molar-refractivity contribution < 1.29 is 0 Å². The predicted molar refractivity (Wildman–Crippen MR) is 73.4 cm³/mol. The molecule has 1 rings (SSSR count). The quantitative estimate of drug-likeness (QED) is 0.745. The van der Waals surface area contributed by atoms with Gasteiger partial charge in [-0.15, -0.1) is 11.6 Å². The molecule has 0 aliphatic rings. The third-order valence-electron chi connectivity index (χ3n) is 2.85. The van der Waals surface area contributed by atoms with Gasteiger partial charge < -0.3 is 4.90 Å². The van der Waals surface area contributed by atoms with Crippen molar-refractivity contribution in [2.75, 3.05) is 18.0 Å². The first kappa shape index (κ1) is 13.9. The lowest BCUT2D eigenvalue weighted by molar-refractivity contribution is 0.685. The van der Waals surface area contributed by atoms with Crippen LogP contribution in [0.4, 0.5) is 5.69 Å². The summed E-state index contributed by atoms with van der Waals surface area (Å²) in [7, 11) is 0. The Morgan fingerprint density at radius 2 is 2.18 bits per heavy atom. The van der Waals surface area contributed by atoms with Gasteiger partial charge in [0.25, 0.3) is 0 Å². The number of anilines is 1. The summed E-state index contributed by atoms with van der Waals surface area (Å²) in [5.74, 6) is 0.587. The molecule has 1 aromatic rings. The van der Waals surface area contributed by atoms with Crippen LogP contribution in [0.3, 0.4) is 0 Å². The van der Waals surface area contributed by atoms with Crippen LogP contribution in [0.2, 0.25) is 0 Å². The Hall–Kier alpha value is -1.20. The smallest absolute Gasteiger partial charge is 0.0671 e. The summed E-state index contributed by atoms with van der Waals surface area (Å²) in [4.78, 5) is 2.24. The summed E-state index contributed by atoms with van der Waals surface area (Å²) in [6.45, 7) is 7.83. The molecule has 0 aliphatic carbocycles. The lowest BCUT2D eigenvalue weighted by Gasteiger charge is -2.26. The summed E-state index contributed by atoms with van der Waals surface area (Å²) in [5.41, 5.74) is 3.55. The highest BCUT2D eigenvalue weighted by atomic mass is 35.5. The zero-order valence-electron chi connectivity index (χ0n) is 10.7. The molecule has 0 saturated heterocycles. The minimum Gasteiger partial charge on any atom is -0.370 e. The van der Waals surface area contributed by atoms with E-state index in [2.05, 4.69) is 43.0 Å². The molecular formula is C14H19ClN2. The molecule has 0 N–H and O–H groups in total. The van der Waals surface area contributed by atoms with Crippen LogP contribution in [0, 0.1) is 24.2 Å². The van der Waals surface area contributed by atoms with Crippen LogP contribution in [-0.4, -0.2) is 13.1 Å². The molecule has 0 fully saturated rings. The van der Waals surface area contributed by atoms with E-state index in [0.29, 0.717) is 5.88 Å². The second-order valence-electron chi connectivity index (χ2n) is 4.32. The number of benzene rings is 1. The average molecular weight is 251 g/mol. The maximum Gasteiger partial charge on any atom is 0.0671 e. The van der Waals surface area contributed by atoms with Gasteiger partial charge in [0.2, 0.25) is 0 Å². The van der Waals surface area contributed by atoms with Crippen LogP contribution in [0.1, 0.15) is 25.0 Å². The molecule has 1 aromatic carbocycles. The monoisotopic (exact) mass is 250 g/mol. The second-order valence-corrected chi connectivity index (χ2v) is 4.59. The fourth-order valence-corrected chi connectivity index (χ4v) is 2.09. The molecule has 0 heterocycles. The minimum absolute atomic E-state index is 0.0436. The van der Waals surface area contributed by atoms with E-state index in [-0.39, 0.29) is 5.92 Å². The molecular weight excluding hydrogens is 232 g/mol. The van der Waals surface area contributed by atoms with Gasteiger partial charge in [0.1, 0.15) is 0 Å². The summed E-state index contributed by atoms with van der Waals surface area (Å²) < 4.78 is 0. The highest BCUT2D eigenvalue weighted by Gasteiger charge is 2.11. The number of aryl methyl sites for hydroxylation is 1. The molecule has 17 heavy (non-hydrogen) atoms. The van der Waals surface area contributed by atoms with E-state index in [1.165, 1.54) is 11.3 Å². The maximum absolute atomic E-state index is 8.88. The lowest BCUT2D eigenvalue weighted by Crippen LogP contribution is -2.28. The van der Waals surface area contributed by atoms with Crippen molar-refractivity contribution in [3.05, 3.63) is 29.3 Å². The van der Waals surface area contributed by atoms with Crippen LogP contribution in [-0.2, 0) is 5.88 Å². The Balaban J connectivity index is 2.93. The molecule has 0 amide bonds. The topological polar surface area (TPSA) is 27.0 Å². The summed E-state index contributed by atoms with van der Waals surface area (Å²) in [6.07, 6.45) is 0. The normalized spacial score (nSPS) is 11.9. The van der Waals surface area contributed by atoms with E-state index in [0.717, 1.165) is 18.7 Å². The van der Waals surface area contributed by atoms with Crippen molar-refractivity contribution in [2.45, 2.75) is 26.7 Å². The van der Waals surface area contributed by atoms with Crippen LogP contribution in [0.5, 0.6) is 0 Å². The Kier molecular flexibility index (Phi) is 5.31. The molecule has 3 heteroatoms. The van der Waals surface area contributed by atoms with Gasteiger partial charge in [0.15, 0.2) is 0 Å². The highest BCUT2D eigenvalue weighted by molar-refractivity contribution is 6.17. The van der Waals surface area contributed by atoms with E-state index in [1.54, 1.807) is 0 Å². The maximum atomic E-state index is 8.88. The lowest BCUT2D eigenvalue weighted by atomic mass is 10.1. The van der Waals surface area contributed by atoms with Gasteiger partial charge in [0, 0.05) is 24.7 Å². The average Bonchev–Trinajstić information content (AvgIpc) is 2.35. The fourth-order valence-electron chi connectivity index (χ4n) is 1.92. The van der Waals surface area contributed by atoms with E-state index < -0.39 is 0 Å². The van der Waals surface area contributed by atoms with Crippen molar-refractivity contribution in [2.24, 2.45) is 5.92 Å². The van der Waals surface area contributed by atoms with Crippen LogP contribution < -0.4 is 4.90 Å². The molecule has 0 bridgehead atoms. The zero-order valence-corrected chi connectivity index (χ0v) is 11.5. The van der Waals surface area contributed by atoms with Gasteiger partial charge in [-0.2, -0.15) is 5.26 Å². The highest BCUT2D eigenvalue weighted by Crippen LogP contribution is 2.22. The standard InChI is InChI=1S/C14H19ClN2/c1-4-17(10-11(2)9-16)14-6-5-13(8-15)7-12(14)3/h5-7,11H,4,8,10H2,1-3H3. The molecule has 92 valence electrons. The molecule has 0 spiro atoms. The molecule has 0 aliphatic heterocycles. The third-order valence-corrected chi connectivity index (χ3v) is 3.16. The van der Waals surface area contributed by atoms with Gasteiger partial charge in [-0.25, -0.2) is 0 Å². The van der Waals surface area contributed by atoms with Crippen molar-refractivity contribution in [1.82, 2.24) is 0 Å². The number of halogens is 1. The van der Waals surface area contributed by atoms with Crippen molar-refractivity contribution in [3.8, 4) is 6.07 Å². The summed E-state index contributed by atoms with van der Waals surface area (Å²) in [6, 6.07) is 8.54. The molecule has 2 nitrogen and oxygen atoms in total. The predicted octanol–water partition coefficient (Wildman–Crippen LogP) is 3.72. The minimum atomic E-state index is 0.0436. The van der Waals surface area contributed by atoms with Gasteiger partial charge in [-0.05, 0) is 38.0 Å². The molecule has 1 unspecified atom stereocenters. The number of nitrogens with zero attached hydrogens (tertiary/aromatic N) is 2. The summed E-state index contributed by atoms with van der Waals surface area (Å²) in [5, 5.41) is 8.88. The third kappa shape index (κ3) is 3.64. The van der Waals surface area contributed by atoms with Gasteiger partial charge in [0.05, 0.1) is 12.0 Å². The van der Waals surface area contributed by atoms with Gasteiger partial charge >= 0.3 is 0 Å². The number of hydrogen-bond acceptors (Lipinski definition) is 2. The number of rotatable bonds is 5. The van der Waals surface area contributed by atoms with E-state index in [1.807, 2.05) is 6.92 Å². The first-order chi connectivity index (χ1) is 8.12. The first-order valence-corrected chi connectivity index (χ1v) is 6.45. The van der Waals surface area contributed by atoms with Crippen molar-refractivity contribution in [1.29, 1.82) is 5.26 Å². The largest absolute Gasteiger partial charge is 0.370 e. The van der Waals surface area contributed by atoms with Gasteiger partial charge in [-0.1, -0.05) is 12.1 Å². The van der Waals surface area contributed by atoms with E-state index in [9.17, 15) is 0 Å². The van der Waals surface area contributed by atoms with Crippen LogP contribution >= 0.6 is 11.6 Å². The Labute approximate surface area is 109 Å². The molecule has 1 atom stereocenters. The van der Waals surface area contributed by atoms with Gasteiger partial charge in [-0.3, -0.25) is 0 Å². The molecule has 0 saturated carbocycles. The second kappa shape index (κ2) is 6.51. The van der Waals surface area contributed by atoms with Crippen LogP contribution in [0.25, 0.3) is 0 Å². The Bertz CT molecular complexity index is 409. The first-order valence-electron chi connectivity index (χ1n) is 5.92. The SMILES string of the molecule is CCN(CC(C)C#N)c1ccc(CCl)cc1C. The Morgan fingerprint density at radius 3 is 2.65 bits per heavy atom. The number of nitriles is 1. The van der Waals surface area contributed by atoms with Crippen molar-refractivity contribution >= 4 is 17.3 Å². The molecule has 0 aromatic heterocycles. The van der Waals surface area contributed by atoms with Crippen LogP contribution in [0.15, 0.2) is 18.2 Å². The number of hydrogen-bond donors (Lipinski definition) is 0. The van der Waals surface area contributed by atoms with Crippen molar-refractivity contribution in [3.63, 3.8) is 0 Å².